The summed E-state index contributed by atoms with van der Waals surface area (Å²) in [6.07, 6.45) is -4.50. The molecule has 0 aliphatic rings. The standard InChI is InChI=1S/C18H14F3N5O2/c1-27-14-5-4-12(8-13(14)18(19,20)21)22-9-10-2-3-11-7-16(28-15(11)6-10)17-23-25-26-24-17/h2-8,22H,9H2,1H3,(H,23,24,25,26). The lowest BCUT2D eigenvalue weighted by molar-refractivity contribution is -0.138. The van der Waals surface area contributed by atoms with Crippen molar-refractivity contribution in [2.75, 3.05) is 12.4 Å². The van der Waals surface area contributed by atoms with E-state index >= 15 is 0 Å². The molecule has 10 heteroatoms. The largest absolute Gasteiger partial charge is 0.496 e. The number of anilines is 1. The molecule has 0 aliphatic heterocycles. The SMILES string of the molecule is COc1ccc(NCc2ccc3cc(-c4nn[nH]n4)oc3c2)cc1C(F)(F)F. The van der Waals surface area contributed by atoms with E-state index in [1.54, 1.807) is 12.1 Å². The van der Waals surface area contributed by atoms with E-state index in [4.69, 9.17) is 9.15 Å². The average Bonchev–Trinajstić information content (AvgIpc) is 3.34. The number of nitrogens with one attached hydrogen (secondary N) is 2. The van der Waals surface area contributed by atoms with Crippen LogP contribution in [-0.2, 0) is 12.7 Å². The Morgan fingerprint density at radius 2 is 2.00 bits per heavy atom. The van der Waals surface area contributed by atoms with E-state index in [0.717, 1.165) is 17.0 Å². The molecular formula is C18H14F3N5O2. The zero-order chi connectivity index (χ0) is 19.7. The smallest absolute Gasteiger partial charge is 0.420 e. The van der Waals surface area contributed by atoms with Gasteiger partial charge in [0.15, 0.2) is 5.76 Å². The van der Waals surface area contributed by atoms with E-state index in [1.807, 2.05) is 12.1 Å². The molecule has 7 nitrogen and oxygen atoms in total. The molecule has 4 rings (SSSR count). The van der Waals surface area contributed by atoms with Gasteiger partial charge in [-0.15, -0.1) is 10.2 Å². The van der Waals surface area contributed by atoms with E-state index in [2.05, 4.69) is 25.9 Å². The second-order valence-corrected chi connectivity index (χ2v) is 5.98. The second-order valence-electron chi connectivity index (χ2n) is 5.98. The predicted molar refractivity (Wildman–Crippen MR) is 94.7 cm³/mol. The molecule has 2 aromatic heterocycles. The summed E-state index contributed by atoms with van der Waals surface area (Å²) in [7, 11) is 1.21. The van der Waals surface area contributed by atoms with Crippen molar-refractivity contribution in [2.45, 2.75) is 12.7 Å². The second kappa shape index (κ2) is 6.87. The Labute approximate surface area is 156 Å². The first-order valence-electron chi connectivity index (χ1n) is 8.19. The number of aromatic nitrogens is 4. The van der Waals surface area contributed by atoms with Crippen molar-refractivity contribution in [1.29, 1.82) is 0 Å². The first-order valence-corrected chi connectivity index (χ1v) is 8.19. The third-order valence-corrected chi connectivity index (χ3v) is 4.15. The predicted octanol–water partition coefficient (Wildman–Crippen LogP) is 4.25. The molecule has 0 amide bonds. The Bertz CT molecular complexity index is 1110. The summed E-state index contributed by atoms with van der Waals surface area (Å²) in [5.41, 5.74) is 0.960. The number of ether oxygens (including phenoxy) is 1. The fourth-order valence-electron chi connectivity index (χ4n) is 2.81. The minimum atomic E-state index is -4.50. The summed E-state index contributed by atoms with van der Waals surface area (Å²) >= 11 is 0. The van der Waals surface area contributed by atoms with Gasteiger partial charge < -0.3 is 14.5 Å². The molecule has 4 aromatic rings. The number of aromatic amines is 1. The lowest BCUT2D eigenvalue weighted by Crippen LogP contribution is -2.09. The van der Waals surface area contributed by atoms with Crippen LogP contribution in [0.1, 0.15) is 11.1 Å². The molecule has 2 N–H and O–H groups in total. The number of methoxy groups -OCH3 is 1. The molecular weight excluding hydrogens is 375 g/mol. The summed E-state index contributed by atoms with van der Waals surface area (Å²) in [6, 6.07) is 11.2. The number of alkyl halides is 3. The molecule has 144 valence electrons. The van der Waals surface area contributed by atoms with E-state index < -0.39 is 11.7 Å². The zero-order valence-corrected chi connectivity index (χ0v) is 14.5. The summed E-state index contributed by atoms with van der Waals surface area (Å²) in [4.78, 5) is 0. The third-order valence-electron chi connectivity index (χ3n) is 4.15. The number of hydrogen-bond acceptors (Lipinski definition) is 6. The van der Waals surface area contributed by atoms with Gasteiger partial charge in [0.1, 0.15) is 11.3 Å². The number of H-pyrrole nitrogens is 1. The first kappa shape index (κ1) is 17.8. The maximum atomic E-state index is 13.1. The lowest BCUT2D eigenvalue weighted by atomic mass is 10.1. The molecule has 0 atom stereocenters. The molecule has 0 saturated heterocycles. The van der Waals surface area contributed by atoms with Gasteiger partial charge in [-0.05, 0) is 41.1 Å². The molecule has 0 radical (unpaired) electrons. The van der Waals surface area contributed by atoms with Crippen molar-refractivity contribution in [3.63, 3.8) is 0 Å². The van der Waals surface area contributed by atoms with Gasteiger partial charge in [0.05, 0.1) is 12.7 Å². The highest BCUT2D eigenvalue weighted by Gasteiger charge is 2.34. The molecule has 0 aliphatic carbocycles. The van der Waals surface area contributed by atoms with Gasteiger partial charge in [-0.1, -0.05) is 12.1 Å². The van der Waals surface area contributed by atoms with E-state index in [9.17, 15) is 13.2 Å². The van der Waals surface area contributed by atoms with Gasteiger partial charge in [0, 0.05) is 17.6 Å². The molecule has 0 unspecified atom stereocenters. The average molecular weight is 389 g/mol. The van der Waals surface area contributed by atoms with Crippen LogP contribution in [0, 0.1) is 0 Å². The Morgan fingerprint density at radius 3 is 2.71 bits per heavy atom. The lowest BCUT2D eigenvalue weighted by Gasteiger charge is -2.14. The fraction of sp³-hybridized carbons (Fsp3) is 0.167. The number of tetrazole rings is 1. The molecule has 0 saturated carbocycles. The van der Waals surface area contributed by atoms with E-state index in [0.29, 0.717) is 29.4 Å². The van der Waals surface area contributed by atoms with Crippen LogP contribution in [0.15, 0.2) is 46.9 Å². The van der Waals surface area contributed by atoms with E-state index in [-0.39, 0.29) is 5.75 Å². The van der Waals surface area contributed by atoms with E-state index in [1.165, 1.54) is 19.2 Å². The normalized spacial score (nSPS) is 11.7. The van der Waals surface area contributed by atoms with Crippen LogP contribution in [0.5, 0.6) is 5.75 Å². The monoisotopic (exact) mass is 389 g/mol. The number of hydrogen-bond donors (Lipinski definition) is 2. The van der Waals surface area contributed by atoms with Gasteiger partial charge in [-0.2, -0.15) is 18.4 Å². The van der Waals surface area contributed by atoms with Gasteiger partial charge in [-0.3, -0.25) is 0 Å². The number of rotatable bonds is 5. The van der Waals surface area contributed by atoms with Crippen molar-refractivity contribution in [1.82, 2.24) is 20.6 Å². The van der Waals surface area contributed by atoms with Crippen LogP contribution in [0.2, 0.25) is 0 Å². The molecule has 2 heterocycles. The maximum absolute atomic E-state index is 13.1. The van der Waals surface area contributed by atoms with Crippen LogP contribution in [0.3, 0.4) is 0 Å². The molecule has 2 aromatic carbocycles. The number of halogens is 3. The highest BCUT2D eigenvalue weighted by atomic mass is 19.4. The summed E-state index contributed by atoms with van der Waals surface area (Å²) in [6.45, 7) is 0.317. The molecule has 0 fully saturated rings. The van der Waals surface area contributed by atoms with Gasteiger partial charge in [-0.25, -0.2) is 0 Å². The minimum absolute atomic E-state index is 0.218. The first-order chi connectivity index (χ1) is 13.4. The molecule has 0 bridgehead atoms. The number of benzene rings is 2. The number of furan rings is 1. The van der Waals surface area contributed by atoms with Crippen LogP contribution < -0.4 is 10.1 Å². The Morgan fingerprint density at radius 1 is 1.14 bits per heavy atom. The Balaban J connectivity index is 1.54. The highest BCUT2D eigenvalue weighted by Crippen LogP contribution is 2.37. The van der Waals surface area contributed by atoms with Crippen molar-refractivity contribution < 1.29 is 22.3 Å². The molecule has 0 spiro atoms. The van der Waals surface area contributed by atoms with Crippen LogP contribution in [-0.4, -0.2) is 27.7 Å². The zero-order valence-electron chi connectivity index (χ0n) is 14.5. The van der Waals surface area contributed by atoms with Gasteiger partial charge in [0.25, 0.3) is 0 Å². The van der Waals surface area contributed by atoms with Gasteiger partial charge in [0.2, 0.25) is 5.82 Å². The Hall–Kier alpha value is -3.56. The highest BCUT2D eigenvalue weighted by molar-refractivity contribution is 5.82. The minimum Gasteiger partial charge on any atom is -0.496 e. The quantitative estimate of drug-likeness (QED) is 0.530. The fourth-order valence-corrected chi connectivity index (χ4v) is 2.81. The third kappa shape index (κ3) is 3.48. The van der Waals surface area contributed by atoms with Gasteiger partial charge >= 0.3 is 6.18 Å². The van der Waals surface area contributed by atoms with Crippen LogP contribution in [0.25, 0.3) is 22.6 Å². The number of nitrogens with zero attached hydrogens (tertiary/aromatic N) is 3. The maximum Gasteiger partial charge on any atom is 0.420 e. The summed E-state index contributed by atoms with van der Waals surface area (Å²) in [5.74, 6) is 0.594. The van der Waals surface area contributed by atoms with Crippen molar-refractivity contribution >= 4 is 16.7 Å². The molecule has 28 heavy (non-hydrogen) atoms. The Kier molecular flexibility index (Phi) is 4.38. The van der Waals surface area contributed by atoms with Crippen molar-refractivity contribution in [2.24, 2.45) is 0 Å². The topological polar surface area (TPSA) is 88.9 Å². The van der Waals surface area contributed by atoms with Crippen LogP contribution >= 0.6 is 0 Å². The van der Waals surface area contributed by atoms with Crippen molar-refractivity contribution in [3.8, 4) is 17.3 Å². The van der Waals surface area contributed by atoms with Crippen molar-refractivity contribution in [3.05, 3.63) is 53.6 Å². The number of fused-ring (bicyclic) bond motifs is 1. The van der Waals surface area contributed by atoms with Crippen LogP contribution in [0.4, 0.5) is 18.9 Å². The summed E-state index contributed by atoms with van der Waals surface area (Å²) < 4.78 is 49.9. The summed E-state index contributed by atoms with van der Waals surface area (Å²) in [5, 5.41) is 17.4.